The maximum Gasteiger partial charge on any atom is 0.270 e. The largest absolute Gasteiger partial charge is 0.363 e. The first-order chi connectivity index (χ1) is 19.4. The molecule has 0 saturated carbocycles. The van der Waals surface area contributed by atoms with Gasteiger partial charge in [-0.25, -0.2) is 9.37 Å². The lowest BCUT2D eigenvalue weighted by atomic mass is 9.95. The highest BCUT2D eigenvalue weighted by Crippen LogP contribution is 2.37. The molecule has 41 heavy (non-hydrogen) atoms. The van der Waals surface area contributed by atoms with Gasteiger partial charge >= 0.3 is 0 Å². The summed E-state index contributed by atoms with van der Waals surface area (Å²) in [7, 11) is 1.59. The number of nitriles is 2. The molecule has 1 aliphatic rings. The van der Waals surface area contributed by atoms with Gasteiger partial charge in [-0.15, -0.1) is 0 Å². The number of hydrogen-bond acceptors (Lipinski definition) is 9. The van der Waals surface area contributed by atoms with Gasteiger partial charge in [-0.2, -0.15) is 15.5 Å². The van der Waals surface area contributed by atoms with Crippen molar-refractivity contribution >= 4 is 16.7 Å². The Labute approximate surface area is 237 Å². The number of aromatic nitrogens is 4. The molecule has 4 heterocycles. The normalized spacial score (nSPS) is 18.7. The zero-order chi connectivity index (χ0) is 29.6. The third kappa shape index (κ3) is 4.94. The Hall–Kier alpha value is -4.61. The monoisotopic (exact) mass is 554 g/mol. The lowest BCUT2D eigenvalue weighted by Crippen LogP contribution is -2.58. The smallest absolute Gasteiger partial charge is 0.270 e. The number of anilines is 1. The van der Waals surface area contributed by atoms with Gasteiger partial charge in [-0.3, -0.25) is 9.69 Å². The molecule has 1 unspecified atom stereocenters. The highest BCUT2D eigenvalue weighted by Gasteiger charge is 2.39. The Morgan fingerprint density at radius 3 is 2.34 bits per heavy atom. The number of fused-ring (bicyclic) bond motifs is 1. The molecule has 0 N–H and O–H groups in total. The highest BCUT2D eigenvalue weighted by atomic mass is 19.1. The van der Waals surface area contributed by atoms with E-state index in [0.29, 0.717) is 41.5 Å². The van der Waals surface area contributed by atoms with Crippen LogP contribution >= 0.6 is 0 Å². The van der Waals surface area contributed by atoms with E-state index in [2.05, 4.69) is 27.2 Å². The van der Waals surface area contributed by atoms with E-state index in [1.807, 2.05) is 39.5 Å². The predicted molar refractivity (Wildman–Crippen MR) is 151 cm³/mol. The fraction of sp³-hybridized carbons (Fsp3) is 0.400. The molecule has 1 saturated heterocycles. The Bertz CT molecular complexity index is 1760. The second-order valence-electron chi connectivity index (χ2n) is 11.6. The molecule has 5 rings (SSSR count). The zero-order valence-electron chi connectivity index (χ0n) is 23.9. The second kappa shape index (κ2) is 10.4. The Balaban J connectivity index is 1.60. The molecule has 0 amide bonds. The number of halogens is 1. The molecular formula is C30H31FN8O2. The minimum Gasteiger partial charge on any atom is -0.363 e. The number of nitrogens with zero attached hydrogens (tertiary/aromatic N) is 8. The Morgan fingerprint density at radius 2 is 1.73 bits per heavy atom. The molecule has 0 bridgehead atoms. The van der Waals surface area contributed by atoms with Crippen LogP contribution in [0.2, 0.25) is 0 Å². The van der Waals surface area contributed by atoms with Gasteiger partial charge in [0.1, 0.15) is 40.8 Å². The van der Waals surface area contributed by atoms with Crippen LogP contribution in [0.3, 0.4) is 0 Å². The van der Waals surface area contributed by atoms with Crippen molar-refractivity contribution in [2.24, 2.45) is 7.05 Å². The number of aryl methyl sites for hydroxylation is 1. The molecule has 210 valence electrons. The number of piperazine rings is 1. The van der Waals surface area contributed by atoms with E-state index in [0.717, 1.165) is 5.56 Å². The first-order valence-electron chi connectivity index (χ1n) is 13.4. The molecular weight excluding hydrogens is 523 g/mol. The van der Waals surface area contributed by atoms with E-state index in [1.165, 1.54) is 16.7 Å². The maximum atomic E-state index is 13.9. The van der Waals surface area contributed by atoms with E-state index in [9.17, 15) is 19.7 Å². The van der Waals surface area contributed by atoms with Crippen molar-refractivity contribution in [3.63, 3.8) is 0 Å². The van der Waals surface area contributed by atoms with Gasteiger partial charge in [0.15, 0.2) is 5.82 Å². The predicted octanol–water partition coefficient (Wildman–Crippen LogP) is 4.19. The summed E-state index contributed by atoms with van der Waals surface area (Å²) < 4.78 is 21.1. The SMILES string of the molecule is C[C@@H]1CN(c2c(C#N)c(=O)n(C)c3ccc(C#N)nc23)[C@@H](C)CN1C(c1ccc(F)cc1)c1nc(C(C)(C)C)no1. The van der Waals surface area contributed by atoms with Gasteiger partial charge in [0.2, 0.25) is 5.89 Å². The van der Waals surface area contributed by atoms with Gasteiger partial charge in [0, 0.05) is 37.6 Å². The molecule has 1 aliphatic heterocycles. The van der Waals surface area contributed by atoms with Gasteiger partial charge in [0.05, 0.1) is 11.2 Å². The van der Waals surface area contributed by atoms with Gasteiger partial charge in [-0.1, -0.05) is 38.1 Å². The number of rotatable bonds is 4. The van der Waals surface area contributed by atoms with Gasteiger partial charge in [-0.05, 0) is 43.7 Å². The van der Waals surface area contributed by atoms with E-state index in [-0.39, 0.29) is 34.6 Å². The summed E-state index contributed by atoms with van der Waals surface area (Å²) in [6, 6.07) is 12.9. The quantitative estimate of drug-likeness (QED) is 0.365. The summed E-state index contributed by atoms with van der Waals surface area (Å²) in [5.41, 5.74) is 1.63. The van der Waals surface area contributed by atoms with Gasteiger partial charge in [0.25, 0.3) is 5.56 Å². The molecule has 10 nitrogen and oxygen atoms in total. The Morgan fingerprint density at radius 1 is 1.02 bits per heavy atom. The molecule has 0 spiro atoms. The topological polar surface area (TPSA) is 128 Å². The maximum absolute atomic E-state index is 13.9. The van der Waals surface area contributed by atoms with Crippen LogP contribution in [0.1, 0.15) is 69.2 Å². The van der Waals surface area contributed by atoms with E-state index >= 15 is 0 Å². The lowest BCUT2D eigenvalue weighted by Gasteiger charge is -2.47. The standard InChI is InChI=1S/C30H31FN8O2/c1-17-16-39(26-22(14-33)28(40)37(6)23-12-11-21(13-32)34-24(23)26)18(2)15-38(17)25(19-7-9-20(31)10-8-19)27-35-29(36-41-27)30(3,4)5/h7-12,17-18,25H,15-16H2,1-6H3/t17-,18+,25?/m1/s1. The van der Waals surface area contributed by atoms with Crippen LogP contribution in [0.15, 0.2) is 45.7 Å². The molecule has 3 atom stereocenters. The van der Waals surface area contributed by atoms with Crippen LogP contribution in [0, 0.1) is 28.5 Å². The summed E-state index contributed by atoms with van der Waals surface area (Å²) in [5.74, 6) is 0.639. The zero-order valence-corrected chi connectivity index (χ0v) is 23.9. The van der Waals surface area contributed by atoms with E-state index in [1.54, 1.807) is 31.3 Å². The minimum absolute atomic E-state index is 0.0168. The molecule has 0 radical (unpaired) electrons. The van der Waals surface area contributed by atoms with Crippen molar-refractivity contribution in [3.8, 4) is 12.1 Å². The second-order valence-corrected chi connectivity index (χ2v) is 11.6. The van der Waals surface area contributed by atoms with Crippen LogP contribution in [0.4, 0.5) is 10.1 Å². The van der Waals surface area contributed by atoms with E-state index in [4.69, 9.17) is 9.51 Å². The van der Waals surface area contributed by atoms with Crippen LogP contribution in [-0.4, -0.2) is 49.8 Å². The summed E-state index contributed by atoms with van der Waals surface area (Å²) in [6.45, 7) is 11.0. The summed E-state index contributed by atoms with van der Waals surface area (Å²) in [6.07, 6.45) is 0. The fourth-order valence-corrected chi connectivity index (χ4v) is 5.43. The van der Waals surface area contributed by atoms with Crippen molar-refractivity contribution in [3.05, 3.63) is 81.1 Å². The fourth-order valence-electron chi connectivity index (χ4n) is 5.43. The van der Waals surface area contributed by atoms with Crippen molar-refractivity contribution in [2.45, 2.75) is 58.2 Å². The Kier molecular flexibility index (Phi) is 7.10. The highest BCUT2D eigenvalue weighted by molar-refractivity contribution is 5.92. The van der Waals surface area contributed by atoms with Crippen LogP contribution in [0.25, 0.3) is 11.0 Å². The van der Waals surface area contributed by atoms with Crippen LogP contribution < -0.4 is 10.5 Å². The van der Waals surface area contributed by atoms with E-state index < -0.39 is 11.6 Å². The van der Waals surface area contributed by atoms with Crippen LogP contribution in [-0.2, 0) is 12.5 Å². The third-order valence-electron chi connectivity index (χ3n) is 7.63. The average Bonchev–Trinajstić information content (AvgIpc) is 3.44. The average molecular weight is 555 g/mol. The molecule has 11 heteroatoms. The molecule has 4 aromatic rings. The van der Waals surface area contributed by atoms with Crippen molar-refractivity contribution in [1.82, 2.24) is 24.6 Å². The van der Waals surface area contributed by atoms with Crippen molar-refractivity contribution in [1.29, 1.82) is 10.5 Å². The van der Waals surface area contributed by atoms with Crippen LogP contribution in [0.5, 0.6) is 0 Å². The summed E-state index contributed by atoms with van der Waals surface area (Å²) >= 11 is 0. The number of pyridine rings is 2. The summed E-state index contributed by atoms with van der Waals surface area (Å²) in [4.78, 5) is 26.7. The van der Waals surface area contributed by atoms with Crippen molar-refractivity contribution in [2.75, 3.05) is 18.0 Å². The lowest BCUT2D eigenvalue weighted by molar-refractivity contribution is 0.110. The number of benzene rings is 1. The van der Waals surface area contributed by atoms with Crippen molar-refractivity contribution < 1.29 is 8.91 Å². The number of hydrogen-bond donors (Lipinski definition) is 0. The van der Waals surface area contributed by atoms with Gasteiger partial charge < -0.3 is 14.0 Å². The third-order valence-corrected chi connectivity index (χ3v) is 7.63. The first kappa shape index (κ1) is 27.9. The molecule has 1 aromatic carbocycles. The first-order valence-corrected chi connectivity index (χ1v) is 13.4. The minimum atomic E-state index is -0.446. The molecule has 3 aromatic heterocycles. The molecule has 0 aliphatic carbocycles. The summed E-state index contributed by atoms with van der Waals surface area (Å²) in [5, 5.41) is 23.8. The molecule has 1 fully saturated rings.